The van der Waals surface area contributed by atoms with Gasteiger partial charge in [-0.05, 0) is 19.3 Å². The van der Waals surface area contributed by atoms with E-state index in [1.807, 2.05) is 11.9 Å². The van der Waals surface area contributed by atoms with Gasteiger partial charge in [0.05, 0.1) is 6.54 Å². The molecule has 0 aliphatic carbocycles. The number of aromatic nitrogens is 2. The largest absolute Gasteiger partial charge is 0.407 e. The number of hydrogen-bond donors (Lipinski definition) is 2. The number of hydrogen-bond acceptors (Lipinski definition) is 6. The van der Waals surface area contributed by atoms with Gasteiger partial charge in [0.15, 0.2) is 0 Å². The molecule has 0 bridgehead atoms. The molecule has 86 valence electrons. The lowest BCUT2D eigenvalue weighted by atomic mass is 10.2. The second kappa shape index (κ2) is 6.36. The number of rotatable bonds is 7. The summed E-state index contributed by atoms with van der Waals surface area (Å²) in [5.41, 5.74) is 5.36. The van der Waals surface area contributed by atoms with Crippen LogP contribution >= 0.6 is 0 Å². The minimum Gasteiger partial charge on any atom is -0.407 e. The Morgan fingerprint density at radius 2 is 2.13 bits per heavy atom. The van der Waals surface area contributed by atoms with E-state index < -0.39 is 0 Å². The van der Waals surface area contributed by atoms with Crippen molar-refractivity contribution in [3.63, 3.8) is 0 Å². The number of anilines is 1. The maximum absolute atomic E-state index is 8.62. The minimum absolute atomic E-state index is 0.252. The van der Waals surface area contributed by atoms with Crippen molar-refractivity contribution < 1.29 is 9.52 Å². The highest BCUT2D eigenvalue weighted by Crippen LogP contribution is 2.10. The van der Waals surface area contributed by atoms with E-state index in [4.69, 9.17) is 15.3 Å². The average molecular weight is 214 g/mol. The fraction of sp³-hybridized carbons (Fsp3) is 0.778. The fourth-order valence-electron chi connectivity index (χ4n) is 1.21. The third kappa shape index (κ3) is 3.85. The molecule has 0 atom stereocenters. The van der Waals surface area contributed by atoms with Gasteiger partial charge in [0, 0.05) is 20.2 Å². The lowest BCUT2D eigenvalue weighted by Crippen LogP contribution is -2.18. The summed E-state index contributed by atoms with van der Waals surface area (Å²) in [5, 5.41) is 16.3. The molecular formula is C9H18N4O2. The highest BCUT2D eigenvalue weighted by atomic mass is 16.4. The average Bonchev–Trinajstić information content (AvgIpc) is 2.72. The standard InChI is InChI=1S/C9H18N4O2/c1-13(5-3-2-4-6-14)9-12-11-8(7-10)15-9/h14H,2-7,10H2,1H3. The number of aliphatic hydroxyl groups is 1. The van der Waals surface area contributed by atoms with E-state index >= 15 is 0 Å². The number of nitrogens with zero attached hydrogens (tertiary/aromatic N) is 3. The van der Waals surface area contributed by atoms with Crippen LogP contribution in [-0.2, 0) is 6.54 Å². The van der Waals surface area contributed by atoms with Crippen LogP contribution in [0.15, 0.2) is 4.42 Å². The molecule has 0 amide bonds. The zero-order chi connectivity index (χ0) is 11.1. The Hall–Kier alpha value is -1.14. The molecule has 0 aliphatic rings. The first-order chi connectivity index (χ1) is 7.27. The molecule has 0 spiro atoms. The van der Waals surface area contributed by atoms with Gasteiger partial charge in [-0.25, -0.2) is 0 Å². The van der Waals surface area contributed by atoms with Crippen LogP contribution in [0.25, 0.3) is 0 Å². The number of nitrogens with two attached hydrogens (primary N) is 1. The second-order valence-corrected chi connectivity index (χ2v) is 3.39. The summed E-state index contributed by atoms with van der Waals surface area (Å²) in [6, 6.07) is 0.499. The Kier molecular flexibility index (Phi) is 5.06. The monoisotopic (exact) mass is 214 g/mol. The van der Waals surface area contributed by atoms with E-state index in [1.165, 1.54) is 0 Å². The highest BCUT2D eigenvalue weighted by molar-refractivity contribution is 5.21. The van der Waals surface area contributed by atoms with Crippen molar-refractivity contribution in [2.45, 2.75) is 25.8 Å². The quantitative estimate of drug-likeness (QED) is 0.627. The predicted octanol–water partition coefficient (Wildman–Crippen LogP) is 0.127. The maximum Gasteiger partial charge on any atom is 0.317 e. The van der Waals surface area contributed by atoms with Crippen molar-refractivity contribution in [1.29, 1.82) is 0 Å². The second-order valence-electron chi connectivity index (χ2n) is 3.39. The van der Waals surface area contributed by atoms with Gasteiger partial charge in [0.2, 0.25) is 5.89 Å². The summed E-state index contributed by atoms with van der Waals surface area (Å²) in [6.45, 7) is 1.36. The lowest BCUT2D eigenvalue weighted by molar-refractivity contribution is 0.283. The molecule has 1 rings (SSSR count). The van der Waals surface area contributed by atoms with Gasteiger partial charge in [-0.2, -0.15) is 0 Å². The molecule has 3 N–H and O–H groups in total. The van der Waals surface area contributed by atoms with Crippen molar-refractivity contribution in [1.82, 2.24) is 10.2 Å². The molecule has 1 aromatic rings. The smallest absolute Gasteiger partial charge is 0.317 e. The molecule has 0 saturated carbocycles. The molecule has 1 heterocycles. The summed E-state index contributed by atoms with van der Waals surface area (Å²) in [7, 11) is 1.90. The Bertz CT molecular complexity index is 277. The summed E-state index contributed by atoms with van der Waals surface area (Å²) < 4.78 is 5.28. The topological polar surface area (TPSA) is 88.4 Å². The van der Waals surface area contributed by atoms with Crippen LogP contribution in [0.1, 0.15) is 25.2 Å². The van der Waals surface area contributed by atoms with Gasteiger partial charge in [0.25, 0.3) is 0 Å². The third-order valence-corrected chi connectivity index (χ3v) is 2.11. The molecule has 1 aromatic heterocycles. The molecular weight excluding hydrogens is 196 g/mol. The van der Waals surface area contributed by atoms with Gasteiger partial charge in [-0.3, -0.25) is 0 Å². The predicted molar refractivity (Wildman–Crippen MR) is 56.4 cm³/mol. The van der Waals surface area contributed by atoms with E-state index in [1.54, 1.807) is 0 Å². The van der Waals surface area contributed by atoms with Crippen molar-refractivity contribution >= 4 is 6.01 Å². The molecule has 0 saturated heterocycles. The third-order valence-electron chi connectivity index (χ3n) is 2.11. The lowest BCUT2D eigenvalue weighted by Gasteiger charge is -2.12. The zero-order valence-electron chi connectivity index (χ0n) is 9.02. The zero-order valence-corrected chi connectivity index (χ0v) is 9.02. The molecule has 0 fully saturated rings. The summed E-state index contributed by atoms with van der Waals surface area (Å²) >= 11 is 0. The molecule has 0 aromatic carbocycles. The van der Waals surface area contributed by atoms with Crippen LogP contribution in [0.4, 0.5) is 6.01 Å². The van der Waals surface area contributed by atoms with Gasteiger partial charge >= 0.3 is 6.01 Å². The molecule has 6 nitrogen and oxygen atoms in total. The molecule has 0 unspecified atom stereocenters. The Labute approximate surface area is 89.1 Å². The first kappa shape index (κ1) is 11.9. The normalized spacial score (nSPS) is 10.6. The van der Waals surface area contributed by atoms with Gasteiger partial charge in [-0.15, -0.1) is 5.10 Å². The highest BCUT2D eigenvalue weighted by Gasteiger charge is 2.08. The summed E-state index contributed by atoms with van der Waals surface area (Å²) in [5.74, 6) is 0.451. The Morgan fingerprint density at radius 1 is 1.33 bits per heavy atom. The Morgan fingerprint density at radius 3 is 2.73 bits per heavy atom. The number of aliphatic hydroxyl groups excluding tert-OH is 1. The Balaban J connectivity index is 2.29. The SMILES string of the molecule is CN(CCCCCO)c1nnc(CN)o1. The minimum atomic E-state index is 0.252. The molecule has 0 radical (unpaired) electrons. The van der Waals surface area contributed by atoms with E-state index in [0.717, 1.165) is 25.8 Å². The van der Waals surface area contributed by atoms with Crippen LogP contribution in [0.2, 0.25) is 0 Å². The van der Waals surface area contributed by atoms with E-state index in [0.29, 0.717) is 11.9 Å². The fourth-order valence-corrected chi connectivity index (χ4v) is 1.21. The summed E-state index contributed by atoms with van der Waals surface area (Å²) in [6.07, 6.45) is 2.84. The molecule has 0 aliphatic heterocycles. The summed E-state index contributed by atoms with van der Waals surface area (Å²) in [4.78, 5) is 1.89. The van der Waals surface area contributed by atoms with Crippen molar-refractivity contribution in [2.75, 3.05) is 25.1 Å². The van der Waals surface area contributed by atoms with Crippen molar-refractivity contribution in [3.8, 4) is 0 Å². The first-order valence-corrected chi connectivity index (χ1v) is 5.12. The van der Waals surface area contributed by atoms with Crippen LogP contribution < -0.4 is 10.6 Å². The first-order valence-electron chi connectivity index (χ1n) is 5.12. The maximum atomic E-state index is 8.62. The van der Waals surface area contributed by atoms with Crippen LogP contribution in [0.3, 0.4) is 0 Å². The van der Waals surface area contributed by atoms with Crippen LogP contribution in [0, 0.1) is 0 Å². The van der Waals surface area contributed by atoms with Gasteiger partial charge < -0.3 is 20.2 Å². The van der Waals surface area contributed by atoms with Gasteiger partial charge in [0.1, 0.15) is 0 Å². The van der Waals surface area contributed by atoms with Crippen LogP contribution in [0.5, 0.6) is 0 Å². The van der Waals surface area contributed by atoms with Crippen LogP contribution in [-0.4, -0.2) is 35.5 Å². The number of unbranched alkanes of at least 4 members (excludes halogenated alkanes) is 2. The van der Waals surface area contributed by atoms with Crippen molar-refractivity contribution in [2.24, 2.45) is 5.73 Å². The van der Waals surface area contributed by atoms with Gasteiger partial charge in [-0.1, -0.05) is 5.10 Å². The molecule has 15 heavy (non-hydrogen) atoms. The molecule has 6 heteroatoms. The van der Waals surface area contributed by atoms with E-state index in [2.05, 4.69) is 10.2 Å². The van der Waals surface area contributed by atoms with E-state index in [-0.39, 0.29) is 13.2 Å². The van der Waals surface area contributed by atoms with Crippen molar-refractivity contribution in [3.05, 3.63) is 5.89 Å². The van der Waals surface area contributed by atoms with E-state index in [9.17, 15) is 0 Å².